The summed E-state index contributed by atoms with van der Waals surface area (Å²) in [4.78, 5) is 21.5. The SMILES string of the molecule is O=C(Nc1cccc2ccc(-n3ccnc3)nc12)C1COc2ccccc2O1. The summed E-state index contributed by atoms with van der Waals surface area (Å²) < 4.78 is 13.2. The number of benzene rings is 2. The third-order valence-electron chi connectivity index (χ3n) is 4.53. The van der Waals surface area contributed by atoms with E-state index in [1.807, 2.05) is 59.3 Å². The number of nitrogens with one attached hydrogen (secondary N) is 1. The predicted molar refractivity (Wildman–Crippen MR) is 104 cm³/mol. The van der Waals surface area contributed by atoms with Crippen molar-refractivity contribution in [1.82, 2.24) is 14.5 Å². The van der Waals surface area contributed by atoms with Crippen molar-refractivity contribution < 1.29 is 14.3 Å². The average molecular weight is 372 g/mol. The molecule has 0 fully saturated rings. The molecule has 0 saturated heterocycles. The van der Waals surface area contributed by atoms with Crippen LogP contribution in [0.25, 0.3) is 16.7 Å². The van der Waals surface area contributed by atoms with E-state index < -0.39 is 6.10 Å². The Bertz CT molecular complexity index is 1160. The van der Waals surface area contributed by atoms with Crippen LogP contribution in [0.3, 0.4) is 0 Å². The first-order valence-corrected chi connectivity index (χ1v) is 8.85. The van der Waals surface area contributed by atoms with Crippen molar-refractivity contribution in [3.05, 3.63) is 73.3 Å². The van der Waals surface area contributed by atoms with E-state index in [0.29, 0.717) is 22.7 Å². The number of ether oxygens (including phenoxy) is 2. The molecule has 2 aromatic carbocycles. The van der Waals surface area contributed by atoms with Crippen LogP contribution in [-0.4, -0.2) is 33.2 Å². The first-order valence-electron chi connectivity index (χ1n) is 8.85. The number of fused-ring (bicyclic) bond motifs is 2. The molecular formula is C21H16N4O3. The zero-order valence-corrected chi connectivity index (χ0v) is 14.8. The van der Waals surface area contributed by atoms with E-state index in [4.69, 9.17) is 9.47 Å². The van der Waals surface area contributed by atoms with Crippen LogP contribution in [-0.2, 0) is 4.79 Å². The van der Waals surface area contributed by atoms with Gasteiger partial charge in [0, 0.05) is 17.8 Å². The molecule has 2 aromatic heterocycles. The predicted octanol–water partition coefficient (Wildman–Crippen LogP) is 3.20. The Labute approximate surface area is 160 Å². The average Bonchev–Trinajstić information content (AvgIpc) is 3.28. The van der Waals surface area contributed by atoms with Crippen LogP contribution >= 0.6 is 0 Å². The van der Waals surface area contributed by atoms with Gasteiger partial charge in [0.25, 0.3) is 5.91 Å². The van der Waals surface area contributed by atoms with E-state index in [9.17, 15) is 4.79 Å². The summed E-state index contributed by atoms with van der Waals surface area (Å²) in [5, 5.41) is 3.85. The van der Waals surface area contributed by atoms with Crippen molar-refractivity contribution >= 4 is 22.5 Å². The summed E-state index contributed by atoms with van der Waals surface area (Å²) in [5.41, 5.74) is 1.31. The lowest BCUT2D eigenvalue weighted by Gasteiger charge is -2.25. The molecule has 138 valence electrons. The number of carbonyl (C=O) groups excluding carboxylic acids is 1. The number of carbonyl (C=O) groups is 1. The van der Waals surface area contributed by atoms with Crippen LogP contribution in [0.4, 0.5) is 5.69 Å². The van der Waals surface area contributed by atoms with Crippen LogP contribution in [0.1, 0.15) is 0 Å². The Morgan fingerprint density at radius 2 is 1.96 bits per heavy atom. The fourth-order valence-electron chi connectivity index (χ4n) is 3.14. The monoisotopic (exact) mass is 372 g/mol. The number of rotatable bonds is 3. The molecule has 1 N–H and O–H groups in total. The quantitative estimate of drug-likeness (QED) is 0.598. The zero-order chi connectivity index (χ0) is 18.9. The second-order valence-electron chi connectivity index (χ2n) is 6.37. The molecule has 1 atom stereocenters. The van der Waals surface area contributed by atoms with Gasteiger partial charge in [0.15, 0.2) is 11.5 Å². The number of anilines is 1. The molecule has 0 spiro atoms. The fraction of sp³-hybridized carbons (Fsp3) is 0.0952. The molecule has 1 amide bonds. The molecule has 1 unspecified atom stereocenters. The number of amides is 1. The molecular weight excluding hydrogens is 356 g/mol. The van der Waals surface area contributed by atoms with Crippen LogP contribution in [0, 0.1) is 0 Å². The third-order valence-corrected chi connectivity index (χ3v) is 4.53. The van der Waals surface area contributed by atoms with Gasteiger partial charge < -0.3 is 14.8 Å². The molecule has 7 nitrogen and oxygen atoms in total. The highest BCUT2D eigenvalue weighted by Crippen LogP contribution is 2.31. The number of aromatic nitrogens is 3. The van der Waals surface area contributed by atoms with Gasteiger partial charge in [-0.1, -0.05) is 24.3 Å². The Morgan fingerprint density at radius 1 is 1.07 bits per heavy atom. The Hall–Kier alpha value is -3.87. The largest absolute Gasteiger partial charge is 0.485 e. The maximum atomic E-state index is 12.8. The minimum atomic E-state index is -0.734. The van der Waals surface area contributed by atoms with Crippen LogP contribution in [0.2, 0.25) is 0 Å². The highest BCUT2D eigenvalue weighted by Gasteiger charge is 2.27. The Balaban J connectivity index is 1.43. The van der Waals surface area contributed by atoms with E-state index in [-0.39, 0.29) is 12.5 Å². The second kappa shape index (κ2) is 6.70. The lowest BCUT2D eigenvalue weighted by Crippen LogP contribution is -2.40. The normalized spacial score (nSPS) is 15.4. The number of nitrogens with zero attached hydrogens (tertiary/aromatic N) is 3. The maximum Gasteiger partial charge on any atom is 0.269 e. The zero-order valence-electron chi connectivity index (χ0n) is 14.8. The summed E-state index contributed by atoms with van der Waals surface area (Å²) in [7, 11) is 0. The molecule has 1 aliphatic rings. The highest BCUT2D eigenvalue weighted by molar-refractivity contribution is 6.02. The summed E-state index contributed by atoms with van der Waals surface area (Å²) >= 11 is 0. The van der Waals surface area contributed by atoms with Crippen molar-refractivity contribution in [2.45, 2.75) is 6.10 Å². The molecule has 28 heavy (non-hydrogen) atoms. The molecule has 1 aliphatic heterocycles. The van der Waals surface area contributed by atoms with Gasteiger partial charge in [0.1, 0.15) is 18.8 Å². The molecule has 0 bridgehead atoms. The van der Waals surface area contributed by atoms with Gasteiger partial charge in [-0.15, -0.1) is 0 Å². The molecule has 4 aromatic rings. The van der Waals surface area contributed by atoms with Gasteiger partial charge in [-0.05, 0) is 30.3 Å². The standard InChI is InChI=1S/C21H16N4O3/c26-21(18-12-27-16-6-1-2-7-17(16)28-18)23-15-5-3-4-14-8-9-19(24-20(14)15)25-11-10-22-13-25/h1-11,13,18H,12H2,(H,23,26). The van der Waals surface area contributed by atoms with Crippen LogP contribution in [0.15, 0.2) is 73.3 Å². The Morgan fingerprint density at radius 3 is 2.82 bits per heavy atom. The molecule has 0 radical (unpaired) electrons. The lowest BCUT2D eigenvalue weighted by molar-refractivity contribution is -0.125. The second-order valence-corrected chi connectivity index (χ2v) is 6.37. The summed E-state index contributed by atoms with van der Waals surface area (Å²) in [6, 6.07) is 16.8. The topological polar surface area (TPSA) is 78.3 Å². The minimum absolute atomic E-state index is 0.154. The molecule has 0 aliphatic carbocycles. The van der Waals surface area contributed by atoms with Gasteiger partial charge in [-0.3, -0.25) is 9.36 Å². The van der Waals surface area contributed by atoms with Crippen molar-refractivity contribution in [2.24, 2.45) is 0 Å². The number of imidazole rings is 1. The van der Waals surface area contributed by atoms with E-state index in [2.05, 4.69) is 15.3 Å². The summed E-state index contributed by atoms with van der Waals surface area (Å²) in [5.74, 6) is 1.64. The minimum Gasteiger partial charge on any atom is -0.485 e. The number of para-hydroxylation sites is 3. The van der Waals surface area contributed by atoms with E-state index in [0.717, 1.165) is 11.2 Å². The van der Waals surface area contributed by atoms with E-state index >= 15 is 0 Å². The van der Waals surface area contributed by atoms with Gasteiger partial charge in [0.2, 0.25) is 6.10 Å². The van der Waals surface area contributed by atoms with E-state index in [1.54, 1.807) is 18.6 Å². The molecule has 0 saturated carbocycles. The van der Waals surface area contributed by atoms with Gasteiger partial charge in [-0.25, -0.2) is 9.97 Å². The van der Waals surface area contributed by atoms with Crippen molar-refractivity contribution in [2.75, 3.05) is 11.9 Å². The van der Waals surface area contributed by atoms with Gasteiger partial charge >= 0.3 is 0 Å². The van der Waals surface area contributed by atoms with Crippen molar-refractivity contribution in [1.29, 1.82) is 0 Å². The molecule has 3 heterocycles. The van der Waals surface area contributed by atoms with Gasteiger partial charge in [-0.2, -0.15) is 0 Å². The van der Waals surface area contributed by atoms with Crippen LogP contribution < -0.4 is 14.8 Å². The smallest absolute Gasteiger partial charge is 0.269 e. The first kappa shape index (κ1) is 16.3. The lowest BCUT2D eigenvalue weighted by atomic mass is 10.1. The Kier molecular flexibility index (Phi) is 3.90. The van der Waals surface area contributed by atoms with Crippen molar-refractivity contribution in [3.8, 4) is 17.3 Å². The number of hydrogen-bond acceptors (Lipinski definition) is 5. The fourth-order valence-corrected chi connectivity index (χ4v) is 3.14. The summed E-state index contributed by atoms with van der Waals surface area (Å²) in [6.07, 6.45) is 4.46. The van der Waals surface area contributed by atoms with Gasteiger partial charge in [0.05, 0.1) is 11.2 Å². The first-order chi connectivity index (χ1) is 13.8. The summed E-state index contributed by atoms with van der Waals surface area (Å²) in [6.45, 7) is 0.154. The maximum absolute atomic E-state index is 12.8. The number of hydrogen-bond donors (Lipinski definition) is 1. The van der Waals surface area contributed by atoms with E-state index in [1.165, 1.54) is 0 Å². The molecule has 5 rings (SSSR count). The van der Waals surface area contributed by atoms with Crippen molar-refractivity contribution in [3.63, 3.8) is 0 Å². The highest BCUT2D eigenvalue weighted by atomic mass is 16.6. The molecule has 7 heteroatoms. The third kappa shape index (κ3) is 2.92. The van der Waals surface area contributed by atoms with Crippen LogP contribution in [0.5, 0.6) is 11.5 Å². The number of pyridine rings is 1.